The van der Waals surface area contributed by atoms with Crippen LogP contribution in [0.4, 0.5) is 4.79 Å². The van der Waals surface area contributed by atoms with E-state index in [0.29, 0.717) is 5.75 Å². The van der Waals surface area contributed by atoms with E-state index in [-0.39, 0.29) is 24.3 Å². The number of fused-ring (bicyclic) bond motifs is 1. The third kappa shape index (κ3) is 12.0. The maximum atomic E-state index is 13.9. The third-order valence-corrected chi connectivity index (χ3v) is 10.5. The molecule has 0 bridgehead atoms. The number of esters is 3. The van der Waals surface area contributed by atoms with Crippen LogP contribution in [0, 0.1) is 0 Å². The van der Waals surface area contributed by atoms with Crippen molar-refractivity contribution >= 4 is 82.4 Å². The fourth-order valence-electron chi connectivity index (χ4n) is 6.78. The molecule has 10 atom stereocenters. The van der Waals surface area contributed by atoms with Crippen LogP contribution >= 0.6 is 46.6 Å². The first-order valence-corrected chi connectivity index (χ1v) is 20.5. The van der Waals surface area contributed by atoms with Crippen molar-refractivity contribution in [3.8, 4) is 0 Å². The maximum absolute atomic E-state index is 13.9. The van der Waals surface area contributed by atoms with Crippen molar-refractivity contribution < 1.29 is 71.8 Å². The summed E-state index contributed by atoms with van der Waals surface area (Å²) in [5.41, 5.74) is 0.0578. The summed E-state index contributed by atoms with van der Waals surface area (Å²) in [6.07, 6.45) is -12.0. The van der Waals surface area contributed by atoms with Gasteiger partial charge in [0, 0.05) is 20.8 Å². The number of ether oxygens (including phenoxy) is 8. The van der Waals surface area contributed by atoms with Crippen molar-refractivity contribution in [2.24, 2.45) is 0 Å². The van der Waals surface area contributed by atoms with Crippen molar-refractivity contribution in [3.05, 3.63) is 71.3 Å². The molecule has 3 aliphatic rings. The van der Waals surface area contributed by atoms with Gasteiger partial charge in [0.2, 0.25) is 3.79 Å². The van der Waals surface area contributed by atoms with Gasteiger partial charge < -0.3 is 48.3 Å². The Morgan fingerprint density at radius 3 is 1.98 bits per heavy atom. The number of aliphatic hydroxyl groups is 1. The number of alkyl carbamates (subject to hydrolysis) is 1. The molecule has 0 aliphatic carbocycles. The molecule has 17 nitrogen and oxygen atoms in total. The van der Waals surface area contributed by atoms with Crippen LogP contribution in [0.2, 0.25) is 0 Å². The van der Waals surface area contributed by atoms with Crippen molar-refractivity contribution in [2.45, 2.75) is 98.5 Å². The van der Waals surface area contributed by atoms with E-state index in [2.05, 4.69) is 5.32 Å². The number of nitrogens with zero attached hydrogens (tertiary/aromatic N) is 1. The number of carbonyl (C=O) groups is 6. The number of carbonyl (C=O) groups excluding carboxylic acids is 6. The highest BCUT2D eigenvalue weighted by molar-refractivity contribution is 7.99. The molecule has 0 radical (unpaired) electrons. The molecule has 2 N–H and O–H groups in total. The first kappa shape index (κ1) is 46.3. The zero-order valence-electron chi connectivity index (χ0n) is 32.2. The van der Waals surface area contributed by atoms with Gasteiger partial charge in [0.25, 0.3) is 11.8 Å². The van der Waals surface area contributed by atoms with Gasteiger partial charge in [-0.05, 0) is 23.4 Å². The molecule has 0 spiro atoms. The summed E-state index contributed by atoms with van der Waals surface area (Å²) in [7, 11) is 0. The molecule has 59 heavy (non-hydrogen) atoms. The third-order valence-electron chi connectivity index (χ3n) is 9.13. The van der Waals surface area contributed by atoms with Crippen molar-refractivity contribution in [1.29, 1.82) is 0 Å². The fraction of sp³-hybridized carbons (Fsp3) is 0.526. The molecule has 0 unspecified atom stereocenters. The van der Waals surface area contributed by atoms with Gasteiger partial charge in [0.15, 0.2) is 18.5 Å². The summed E-state index contributed by atoms with van der Waals surface area (Å²) in [5, 5.41) is 14.9. The van der Waals surface area contributed by atoms with Crippen LogP contribution in [0.15, 0.2) is 54.6 Å². The van der Waals surface area contributed by atoms with E-state index in [4.69, 9.17) is 72.7 Å². The van der Waals surface area contributed by atoms with E-state index in [1.165, 1.54) is 23.9 Å². The quantitative estimate of drug-likeness (QED) is 0.113. The van der Waals surface area contributed by atoms with Crippen LogP contribution in [-0.2, 0) is 58.9 Å². The molecule has 3 aliphatic heterocycles. The normalized spacial score (nSPS) is 28.0. The highest BCUT2D eigenvalue weighted by Crippen LogP contribution is 2.39. The Labute approximate surface area is 358 Å². The van der Waals surface area contributed by atoms with Gasteiger partial charge in [0.05, 0.1) is 24.3 Å². The number of benzene rings is 2. The lowest BCUT2D eigenvalue weighted by Crippen LogP contribution is -2.70. The summed E-state index contributed by atoms with van der Waals surface area (Å²) >= 11 is 18.6. The highest BCUT2D eigenvalue weighted by Gasteiger charge is 2.57. The second kappa shape index (κ2) is 20.7. The van der Waals surface area contributed by atoms with E-state index in [1.807, 2.05) is 37.3 Å². The molecule has 0 aromatic heterocycles. The van der Waals surface area contributed by atoms with Crippen molar-refractivity contribution in [2.75, 3.05) is 25.6 Å². The summed E-state index contributed by atoms with van der Waals surface area (Å²) in [6.45, 7) is 3.64. The topological polar surface area (TPSA) is 212 Å². The minimum absolute atomic E-state index is 0.110. The summed E-state index contributed by atoms with van der Waals surface area (Å²) < 4.78 is 44.8. The molecular formula is C38H43Cl3N2O15S. The number of nitrogens with one attached hydrogen (secondary N) is 1. The first-order valence-electron chi connectivity index (χ1n) is 18.3. The predicted octanol–water partition coefficient (Wildman–Crippen LogP) is 3.71. The van der Waals surface area contributed by atoms with Gasteiger partial charge in [-0.3, -0.25) is 28.9 Å². The Morgan fingerprint density at radius 1 is 0.814 bits per heavy atom. The summed E-state index contributed by atoms with van der Waals surface area (Å²) in [6, 6.07) is 12.4. The molecule has 21 heteroatoms. The highest BCUT2D eigenvalue weighted by atomic mass is 35.6. The number of hydrogen-bond donors (Lipinski definition) is 2. The number of aliphatic hydroxyl groups excluding tert-OH is 1. The number of amides is 3. The molecule has 2 aromatic rings. The molecule has 3 amide bonds. The van der Waals surface area contributed by atoms with E-state index in [1.54, 1.807) is 12.1 Å². The van der Waals surface area contributed by atoms with Gasteiger partial charge in [0.1, 0.15) is 55.1 Å². The lowest BCUT2D eigenvalue weighted by atomic mass is 9.94. The average molecular weight is 906 g/mol. The molecular weight excluding hydrogens is 863 g/mol. The zero-order valence-corrected chi connectivity index (χ0v) is 35.2. The van der Waals surface area contributed by atoms with Crippen LogP contribution in [0.1, 0.15) is 54.0 Å². The molecule has 3 heterocycles. The SMILES string of the molecule is CCS[C@@H]1O[C@H](COCc2ccccc2)[C@@H](O[C@@H]2O[C@H](COC(C)=O)[C@@H](OC(C)=O)[C@H](OC(C)=O)[C@H]2NC(=O)OCC(Cl)(Cl)Cl)[C@H](O)[C@H]1N1C(=O)c2ccccc2C1=O. The van der Waals surface area contributed by atoms with E-state index in [0.717, 1.165) is 31.2 Å². The summed E-state index contributed by atoms with van der Waals surface area (Å²) in [4.78, 5) is 78.9. The first-order chi connectivity index (χ1) is 28.0. The lowest BCUT2D eigenvalue weighted by Gasteiger charge is -2.50. The molecule has 0 saturated carbocycles. The second-order valence-electron chi connectivity index (χ2n) is 13.5. The molecule has 5 rings (SSSR count). The van der Waals surface area contributed by atoms with Crippen LogP contribution in [0.3, 0.4) is 0 Å². The minimum Gasteiger partial charge on any atom is -0.463 e. The van der Waals surface area contributed by atoms with Crippen molar-refractivity contribution in [3.63, 3.8) is 0 Å². The number of thioether (sulfide) groups is 1. The van der Waals surface area contributed by atoms with Crippen LogP contribution in [0.25, 0.3) is 0 Å². The smallest absolute Gasteiger partial charge is 0.407 e. The Balaban J connectivity index is 1.57. The van der Waals surface area contributed by atoms with Crippen LogP contribution < -0.4 is 5.32 Å². The van der Waals surface area contributed by atoms with Crippen molar-refractivity contribution in [1.82, 2.24) is 10.2 Å². The standard InChI is InChI=1S/C38H43Cl3N2O15S/c1-5-59-36-28(43-33(48)23-13-9-10-14-24(23)34(43)49)29(47)30(25(57-36)16-51-15-22-11-7-6-8-12-22)58-35-27(42-37(50)53-18-38(39,40)41)32(55-21(4)46)31(54-20(3)45)26(56-35)17-52-19(2)44/h6-14,25-32,35-36,47H,5,15-18H2,1-4H3,(H,42,50)/t25-,26-,27-,28-,29-,30-,31-,32-,35+,36+/m1/s1. The molecule has 2 aromatic carbocycles. The Kier molecular flexibility index (Phi) is 16.3. The number of alkyl halides is 3. The van der Waals surface area contributed by atoms with Gasteiger partial charge in [-0.2, -0.15) is 0 Å². The van der Waals surface area contributed by atoms with Gasteiger partial charge in [-0.25, -0.2) is 4.79 Å². The van der Waals surface area contributed by atoms with E-state index < -0.39 is 113 Å². The number of halogens is 3. The average Bonchev–Trinajstić information content (AvgIpc) is 3.42. The van der Waals surface area contributed by atoms with Gasteiger partial charge >= 0.3 is 24.0 Å². The number of rotatable bonds is 15. The zero-order chi connectivity index (χ0) is 43.0. The second-order valence-corrected chi connectivity index (χ2v) is 17.4. The van der Waals surface area contributed by atoms with Gasteiger partial charge in [-0.15, -0.1) is 11.8 Å². The van der Waals surface area contributed by atoms with Crippen LogP contribution in [-0.4, -0.2) is 136 Å². The number of hydrogen-bond acceptors (Lipinski definition) is 16. The molecule has 322 valence electrons. The van der Waals surface area contributed by atoms with E-state index >= 15 is 0 Å². The lowest BCUT2D eigenvalue weighted by molar-refractivity contribution is -0.315. The number of imide groups is 1. The Bertz CT molecular complexity index is 1800. The molecule has 2 fully saturated rings. The Hall–Kier alpha value is -3.72. The largest absolute Gasteiger partial charge is 0.463 e. The van der Waals surface area contributed by atoms with E-state index in [9.17, 15) is 33.9 Å². The monoisotopic (exact) mass is 904 g/mol. The Morgan fingerprint density at radius 2 is 1.41 bits per heavy atom. The minimum atomic E-state index is -2.04. The summed E-state index contributed by atoms with van der Waals surface area (Å²) in [5.74, 6) is -3.43. The fourth-order valence-corrected chi connectivity index (χ4v) is 7.98. The predicted molar refractivity (Wildman–Crippen MR) is 209 cm³/mol. The maximum Gasteiger partial charge on any atom is 0.407 e. The molecule has 2 saturated heterocycles. The van der Waals surface area contributed by atoms with Gasteiger partial charge in [-0.1, -0.05) is 84.2 Å². The van der Waals surface area contributed by atoms with Crippen LogP contribution in [0.5, 0.6) is 0 Å².